The van der Waals surface area contributed by atoms with Gasteiger partial charge in [0.05, 0.1) is 11.6 Å². The van der Waals surface area contributed by atoms with Crippen LogP contribution in [0.3, 0.4) is 0 Å². The number of carbonyl (C=O) groups is 2. The first-order valence-corrected chi connectivity index (χ1v) is 12.6. The number of aryl methyl sites for hydroxylation is 2. The molecule has 4 aromatic rings. The summed E-state index contributed by atoms with van der Waals surface area (Å²) in [4.78, 5) is 31.8. The van der Waals surface area contributed by atoms with Crippen molar-refractivity contribution in [2.45, 2.75) is 52.6 Å². The molecule has 1 unspecified atom stereocenters. The van der Waals surface area contributed by atoms with Crippen LogP contribution in [0.2, 0.25) is 0 Å². The predicted molar refractivity (Wildman–Crippen MR) is 147 cm³/mol. The average Bonchev–Trinajstić information content (AvgIpc) is 3.40. The molecule has 0 saturated carbocycles. The first-order chi connectivity index (χ1) is 17.6. The van der Waals surface area contributed by atoms with Crippen LogP contribution in [0.1, 0.15) is 60.2 Å². The summed E-state index contributed by atoms with van der Waals surface area (Å²) >= 11 is 0. The largest absolute Gasteiger partial charge is 0.507 e. The lowest BCUT2D eigenvalue weighted by Gasteiger charge is -2.27. The van der Waals surface area contributed by atoms with E-state index in [9.17, 15) is 14.7 Å². The monoisotopic (exact) mass is 492 g/mol. The zero-order valence-electron chi connectivity index (χ0n) is 21.9. The number of aliphatic hydroxyl groups is 1. The number of aromatic nitrogens is 1. The van der Waals surface area contributed by atoms with E-state index in [0.717, 1.165) is 38.7 Å². The minimum absolute atomic E-state index is 0.0386. The number of hydrogen-bond acceptors (Lipinski definition) is 3. The Balaban J connectivity index is 1.69. The second kappa shape index (κ2) is 9.07. The molecule has 0 spiro atoms. The van der Waals surface area contributed by atoms with E-state index < -0.39 is 17.7 Å². The zero-order valence-corrected chi connectivity index (χ0v) is 21.9. The van der Waals surface area contributed by atoms with Crippen LogP contribution in [0, 0.1) is 13.8 Å². The highest BCUT2D eigenvalue weighted by molar-refractivity contribution is 6.46. The summed E-state index contributed by atoms with van der Waals surface area (Å²) in [6, 6.07) is 21.0. The molecule has 1 aromatic heterocycles. The Morgan fingerprint density at radius 3 is 2.38 bits per heavy atom. The number of aliphatic hydroxyl groups excluding tert-OH is 1. The highest BCUT2D eigenvalue weighted by atomic mass is 16.3. The van der Waals surface area contributed by atoms with Gasteiger partial charge in [0, 0.05) is 29.2 Å². The molecule has 5 rings (SSSR count). The number of rotatable bonds is 4. The Labute approximate surface area is 217 Å². The number of hydrogen-bond donors (Lipinski definition) is 2. The second-order valence-corrected chi connectivity index (χ2v) is 11.0. The van der Waals surface area contributed by atoms with E-state index in [-0.39, 0.29) is 23.3 Å². The number of ketones is 1. The lowest BCUT2D eigenvalue weighted by atomic mass is 9.85. The first-order valence-electron chi connectivity index (χ1n) is 12.6. The molecule has 37 heavy (non-hydrogen) atoms. The first kappa shape index (κ1) is 24.6. The smallest absolute Gasteiger partial charge is 0.295 e. The Kier molecular flexibility index (Phi) is 6.03. The van der Waals surface area contributed by atoms with E-state index in [1.807, 2.05) is 80.6 Å². The molecule has 0 aliphatic carbocycles. The third kappa shape index (κ3) is 4.35. The van der Waals surface area contributed by atoms with E-state index in [1.54, 1.807) is 11.1 Å². The number of Topliss-reactive ketones (excluding diaryl/α,β-unsaturated/α-hetero) is 1. The fourth-order valence-electron chi connectivity index (χ4n) is 5.12. The molecule has 188 valence electrons. The van der Waals surface area contributed by atoms with Crippen LogP contribution < -0.4 is 0 Å². The number of para-hydroxylation sites is 1. The normalized spacial score (nSPS) is 17.6. The van der Waals surface area contributed by atoms with Gasteiger partial charge in [0.25, 0.3) is 11.7 Å². The van der Waals surface area contributed by atoms with Crippen molar-refractivity contribution >= 4 is 28.4 Å². The molecule has 2 heterocycles. The van der Waals surface area contributed by atoms with Crippen LogP contribution >= 0.6 is 0 Å². The quantitative estimate of drug-likeness (QED) is 0.189. The molecule has 5 heteroatoms. The van der Waals surface area contributed by atoms with Gasteiger partial charge in [-0.25, -0.2) is 0 Å². The molecule has 0 radical (unpaired) electrons. The summed E-state index contributed by atoms with van der Waals surface area (Å²) in [5.41, 5.74) is 6.49. The maximum absolute atomic E-state index is 13.5. The molecule has 3 aromatic carbocycles. The van der Waals surface area contributed by atoms with E-state index in [0.29, 0.717) is 5.56 Å². The van der Waals surface area contributed by atoms with Gasteiger partial charge in [-0.2, -0.15) is 0 Å². The third-order valence-corrected chi connectivity index (χ3v) is 7.32. The Morgan fingerprint density at radius 2 is 1.68 bits per heavy atom. The number of aromatic amines is 1. The molecule has 2 N–H and O–H groups in total. The Hall–Kier alpha value is -4.12. The average molecular weight is 493 g/mol. The summed E-state index contributed by atoms with van der Waals surface area (Å²) in [6.07, 6.45) is 1.69. The zero-order chi connectivity index (χ0) is 26.5. The number of H-pyrrole nitrogens is 1. The topological polar surface area (TPSA) is 73.4 Å². The summed E-state index contributed by atoms with van der Waals surface area (Å²) < 4.78 is 0. The lowest BCUT2D eigenvalue weighted by molar-refractivity contribution is -0.140. The number of benzene rings is 3. The van der Waals surface area contributed by atoms with Crippen molar-refractivity contribution in [1.29, 1.82) is 0 Å². The van der Waals surface area contributed by atoms with Gasteiger partial charge < -0.3 is 15.0 Å². The maximum atomic E-state index is 13.5. The number of likely N-dealkylation sites (tertiary alicyclic amines) is 1. The maximum Gasteiger partial charge on any atom is 0.295 e. The summed E-state index contributed by atoms with van der Waals surface area (Å²) in [7, 11) is 0. The van der Waals surface area contributed by atoms with Crippen LogP contribution in [0.5, 0.6) is 0 Å². The van der Waals surface area contributed by atoms with E-state index in [2.05, 4.69) is 25.8 Å². The lowest BCUT2D eigenvalue weighted by Crippen LogP contribution is -2.29. The van der Waals surface area contributed by atoms with Crippen LogP contribution in [-0.4, -0.2) is 26.7 Å². The van der Waals surface area contributed by atoms with Crippen molar-refractivity contribution in [2.24, 2.45) is 0 Å². The number of amides is 1. The van der Waals surface area contributed by atoms with Crippen molar-refractivity contribution in [3.05, 3.63) is 112 Å². The third-order valence-electron chi connectivity index (χ3n) is 7.32. The summed E-state index contributed by atoms with van der Waals surface area (Å²) in [5, 5.41) is 12.3. The van der Waals surface area contributed by atoms with Gasteiger partial charge in [0.1, 0.15) is 5.76 Å². The second-order valence-electron chi connectivity index (χ2n) is 11.0. The van der Waals surface area contributed by atoms with Crippen LogP contribution in [-0.2, 0) is 21.5 Å². The molecule has 1 aliphatic heterocycles. The molecule has 1 aliphatic rings. The molecular weight excluding hydrogens is 460 g/mol. The molecule has 0 bridgehead atoms. The van der Waals surface area contributed by atoms with Gasteiger partial charge in [0.2, 0.25) is 0 Å². The van der Waals surface area contributed by atoms with Gasteiger partial charge in [-0.1, -0.05) is 87.0 Å². The van der Waals surface area contributed by atoms with Crippen LogP contribution in [0.25, 0.3) is 16.7 Å². The van der Waals surface area contributed by atoms with E-state index in [1.165, 1.54) is 0 Å². The Bertz CT molecular complexity index is 1550. The minimum Gasteiger partial charge on any atom is -0.507 e. The number of carbonyl (C=O) groups excluding carboxylic acids is 2. The van der Waals surface area contributed by atoms with Gasteiger partial charge in [0.15, 0.2) is 0 Å². The fourth-order valence-corrected chi connectivity index (χ4v) is 5.12. The predicted octanol–water partition coefficient (Wildman–Crippen LogP) is 6.70. The standard InChI is InChI=1S/C32H32N2O3/c1-19-10-11-20(2)22(16-19)18-34-28(21-12-14-23(15-13-21)32(3,4)5)27(30(36)31(34)37)29(35)25-17-33-26-9-7-6-8-24(25)26/h6-17,28,33,35H,18H2,1-5H3/b29-27-. The van der Waals surface area contributed by atoms with Crippen molar-refractivity contribution in [3.63, 3.8) is 0 Å². The minimum atomic E-state index is -0.706. The van der Waals surface area contributed by atoms with E-state index >= 15 is 0 Å². The van der Waals surface area contributed by atoms with Crippen molar-refractivity contribution in [3.8, 4) is 0 Å². The van der Waals surface area contributed by atoms with Gasteiger partial charge in [-0.3, -0.25) is 9.59 Å². The highest BCUT2D eigenvalue weighted by Crippen LogP contribution is 2.42. The SMILES string of the molecule is Cc1ccc(C)c(CN2C(=O)C(=O)/C(=C(\O)c3c[nH]c4ccccc34)C2c2ccc(C(C)(C)C)cc2)c1. The fraction of sp³-hybridized carbons (Fsp3) is 0.250. The summed E-state index contributed by atoms with van der Waals surface area (Å²) in [6.45, 7) is 10.7. The molecule has 1 fully saturated rings. The molecule has 1 atom stereocenters. The number of nitrogens with one attached hydrogen (secondary N) is 1. The molecular formula is C32H32N2O3. The number of nitrogens with zero attached hydrogens (tertiary/aromatic N) is 1. The highest BCUT2D eigenvalue weighted by Gasteiger charge is 2.46. The van der Waals surface area contributed by atoms with Gasteiger partial charge >= 0.3 is 0 Å². The molecule has 5 nitrogen and oxygen atoms in total. The van der Waals surface area contributed by atoms with Gasteiger partial charge in [-0.05, 0) is 47.6 Å². The van der Waals surface area contributed by atoms with Gasteiger partial charge in [-0.15, -0.1) is 0 Å². The Morgan fingerprint density at radius 1 is 0.973 bits per heavy atom. The van der Waals surface area contributed by atoms with Crippen LogP contribution in [0.4, 0.5) is 0 Å². The van der Waals surface area contributed by atoms with E-state index in [4.69, 9.17) is 0 Å². The molecule has 1 amide bonds. The van der Waals surface area contributed by atoms with Crippen molar-refractivity contribution in [2.75, 3.05) is 0 Å². The van der Waals surface area contributed by atoms with Crippen molar-refractivity contribution < 1.29 is 14.7 Å². The van der Waals surface area contributed by atoms with Crippen LogP contribution in [0.15, 0.2) is 78.5 Å². The molecule has 1 saturated heterocycles. The van der Waals surface area contributed by atoms with Crippen molar-refractivity contribution in [1.82, 2.24) is 9.88 Å². The summed E-state index contributed by atoms with van der Waals surface area (Å²) in [5.74, 6) is -1.44. The number of fused-ring (bicyclic) bond motifs is 1.